The number of rotatable bonds is 6. The van der Waals surface area contributed by atoms with Crippen molar-refractivity contribution in [1.82, 2.24) is 14.9 Å². The lowest BCUT2D eigenvalue weighted by atomic mass is 10.1. The van der Waals surface area contributed by atoms with Crippen molar-refractivity contribution < 1.29 is 8.42 Å². The molecule has 0 radical (unpaired) electrons. The van der Waals surface area contributed by atoms with Crippen LogP contribution in [0.5, 0.6) is 0 Å². The van der Waals surface area contributed by atoms with Crippen molar-refractivity contribution in [3.63, 3.8) is 0 Å². The summed E-state index contributed by atoms with van der Waals surface area (Å²) >= 11 is 6.98. The van der Waals surface area contributed by atoms with Gasteiger partial charge in [-0.15, -0.1) is 11.3 Å². The molecule has 0 amide bonds. The zero-order valence-corrected chi connectivity index (χ0v) is 13.6. The summed E-state index contributed by atoms with van der Waals surface area (Å²) in [5, 5.41) is 6.79. The molecular weight excluding hydrogens is 318 g/mol. The van der Waals surface area contributed by atoms with Crippen molar-refractivity contribution in [3.05, 3.63) is 33.4 Å². The summed E-state index contributed by atoms with van der Waals surface area (Å²) in [4.78, 5) is 0. The van der Waals surface area contributed by atoms with E-state index in [-0.39, 0.29) is 4.21 Å². The van der Waals surface area contributed by atoms with Gasteiger partial charge < -0.3 is 0 Å². The van der Waals surface area contributed by atoms with Crippen LogP contribution < -0.4 is 4.72 Å². The minimum absolute atomic E-state index is 0.263. The van der Waals surface area contributed by atoms with Gasteiger partial charge in [-0.25, -0.2) is 13.1 Å². The molecular formula is C12H16ClN3O2S2. The molecule has 0 saturated heterocycles. The van der Waals surface area contributed by atoms with Crippen molar-refractivity contribution in [2.24, 2.45) is 0 Å². The Morgan fingerprint density at radius 2 is 2.20 bits per heavy atom. The zero-order chi connectivity index (χ0) is 14.8. The van der Waals surface area contributed by atoms with Crippen molar-refractivity contribution in [2.75, 3.05) is 6.54 Å². The fraction of sp³-hybridized carbons (Fsp3) is 0.417. The molecule has 5 nitrogen and oxygen atoms in total. The Labute approximate surface area is 127 Å². The van der Waals surface area contributed by atoms with Gasteiger partial charge in [-0.1, -0.05) is 11.6 Å². The Hall–Kier alpha value is -0.890. The highest BCUT2D eigenvalue weighted by atomic mass is 35.5. The number of hydrogen-bond acceptors (Lipinski definition) is 4. The Morgan fingerprint density at radius 1 is 1.45 bits per heavy atom. The summed E-state index contributed by atoms with van der Waals surface area (Å²) in [5.41, 5.74) is 2.92. The van der Waals surface area contributed by atoms with Crippen LogP contribution >= 0.6 is 22.9 Å². The third-order valence-electron chi connectivity index (χ3n) is 2.95. The molecule has 0 bridgehead atoms. The number of thiophene rings is 1. The van der Waals surface area contributed by atoms with E-state index in [0.29, 0.717) is 10.9 Å². The SMILES string of the molecule is Cc1cc(S(=O)(=O)NCCCc2cn[nH]c2C)sc1Cl. The summed E-state index contributed by atoms with van der Waals surface area (Å²) in [6, 6.07) is 1.59. The number of aromatic amines is 1. The highest BCUT2D eigenvalue weighted by Crippen LogP contribution is 2.29. The van der Waals surface area contributed by atoms with E-state index < -0.39 is 10.0 Å². The average molecular weight is 334 g/mol. The fourth-order valence-corrected chi connectivity index (χ4v) is 4.57. The second kappa shape index (κ2) is 6.26. The van der Waals surface area contributed by atoms with E-state index in [1.807, 2.05) is 6.92 Å². The first-order valence-corrected chi connectivity index (χ1v) is 8.82. The normalized spacial score (nSPS) is 11.9. The van der Waals surface area contributed by atoms with Crippen LogP contribution in [-0.2, 0) is 16.4 Å². The van der Waals surface area contributed by atoms with E-state index in [4.69, 9.17) is 11.6 Å². The molecule has 2 aromatic rings. The first-order valence-electron chi connectivity index (χ1n) is 6.14. The van der Waals surface area contributed by atoms with Crippen LogP contribution in [0, 0.1) is 13.8 Å². The molecule has 110 valence electrons. The number of nitrogens with zero attached hydrogens (tertiary/aromatic N) is 1. The van der Waals surface area contributed by atoms with E-state index in [1.54, 1.807) is 19.2 Å². The molecule has 0 atom stereocenters. The van der Waals surface area contributed by atoms with Gasteiger partial charge >= 0.3 is 0 Å². The topological polar surface area (TPSA) is 74.8 Å². The lowest BCUT2D eigenvalue weighted by molar-refractivity contribution is 0.581. The maximum absolute atomic E-state index is 12.0. The van der Waals surface area contributed by atoms with E-state index in [2.05, 4.69) is 14.9 Å². The second-order valence-electron chi connectivity index (χ2n) is 4.54. The van der Waals surface area contributed by atoms with Crippen LogP contribution in [0.3, 0.4) is 0 Å². The Kier molecular flexibility index (Phi) is 4.85. The molecule has 0 fully saturated rings. The van der Waals surface area contributed by atoms with Gasteiger partial charge in [0.15, 0.2) is 0 Å². The third kappa shape index (κ3) is 3.60. The monoisotopic (exact) mass is 333 g/mol. The lowest BCUT2D eigenvalue weighted by Crippen LogP contribution is -2.24. The summed E-state index contributed by atoms with van der Waals surface area (Å²) in [6.45, 7) is 4.13. The molecule has 0 aliphatic rings. The van der Waals surface area contributed by atoms with Gasteiger partial charge in [0.1, 0.15) is 4.21 Å². The molecule has 2 heterocycles. The van der Waals surface area contributed by atoms with Crippen molar-refractivity contribution >= 4 is 33.0 Å². The number of aryl methyl sites for hydroxylation is 3. The van der Waals surface area contributed by atoms with Crippen LogP contribution in [0.15, 0.2) is 16.5 Å². The Bertz CT molecular complexity index is 672. The first kappa shape index (κ1) is 15.5. The Balaban J connectivity index is 1.88. The molecule has 2 N–H and O–H groups in total. The maximum atomic E-state index is 12.0. The molecule has 2 rings (SSSR count). The summed E-state index contributed by atoms with van der Waals surface area (Å²) in [6.07, 6.45) is 3.28. The van der Waals surface area contributed by atoms with Crippen LogP contribution in [0.1, 0.15) is 23.2 Å². The third-order valence-corrected chi connectivity index (χ3v) is 6.44. The zero-order valence-electron chi connectivity index (χ0n) is 11.2. The molecule has 0 unspecified atom stereocenters. The summed E-state index contributed by atoms with van der Waals surface area (Å²) in [7, 11) is -3.45. The van der Waals surface area contributed by atoms with Crippen molar-refractivity contribution in [2.45, 2.75) is 30.9 Å². The molecule has 0 aromatic carbocycles. The number of H-pyrrole nitrogens is 1. The average Bonchev–Trinajstić information content (AvgIpc) is 2.93. The maximum Gasteiger partial charge on any atom is 0.250 e. The van der Waals surface area contributed by atoms with E-state index in [1.165, 1.54) is 0 Å². The van der Waals surface area contributed by atoms with E-state index in [0.717, 1.165) is 41.0 Å². The lowest BCUT2D eigenvalue weighted by Gasteiger charge is -2.04. The minimum Gasteiger partial charge on any atom is -0.283 e. The molecule has 8 heteroatoms. The smallest absolute Gasteiger partial charge is 0.250 e. The Morgan fingerprint density at radius 3 is 2.75 bits per heavy atom. The van der Waals surface area contributed by atoms with Gasteiger partial charge in [-0.2, -0.15) is 5.10 Å². The highest BCUT2D eigenvalue weighted by molar-refractivity contribution is 7.91. The van der Waals surface area contributed by atoms with Crippen LogP contribution in [0.2, 0.25) is 4.34 Å². The number of hydrogen-bond donors (Lipinski definition) is 2. The summed E-state index contributed by atoms with van der Waals surface area (Å²) in [5.74, 6) is 0. The van der Waals surface area contributed by atoms with Crippen molar-refractivity contribution in [3.8, 4) is 0 Å². The van der Waals surface area contributed by atoms with Crippen LogP contribution in [0.25, 0.3) is 0 Å². The largest absolute Gasteiger partial charge is 0.283 e. The number of halogens is 1. The highest BCUT2D eigenvalue weighted by Gasteiger charge is 2.17. The fourth-order valence-electron chi connectivity index (χ4n) is 1.75. The van der Waals surface area contributed by atoms with Gasteiger partial charge in [0.25, 0.3) is 0 Å². The molecule has 0 aliphatic heterocycles. The molecule has 0 aliphatic carbocycles. The van der Waals surface area contributed by atoms with E-state index in [9.17, 15) is 8.42 Å². The van der Waals surface area contributed by atoms with Crippen LogP contribution in [0.4, 0.5) is 0 Å². The minimum atomic E-state index is -3.45. The molecule has 20 heavy (non-hydrogen) atoms. The first-order chi connectivity index (χ1) is 9.40. The van der Waals surface area contributed by atoms with Crippen LogP contribution in [-0.4, -0.2) is 25.2 Å². The van der Waals surface area contributed by atoms with Gasteiger partial charge in [0.2, 0.25) is 10.0 Å². The number of sulfonamides is 1. The predicted octanol–water partition coefficient (Wildman–Crippen LogP) is 2.65. The molecule has 0 saturated carbocycles. The number of nitrogens with one attached hydrogen (secondary N) is 2. The summed E-state index contributed by atoms with van der Waals surface area (Å²) < 4.78 is 27.5. The number of aromatic nitrogens is 2. The van der Waals surface area contributed by atoms with Gasteiger partial charge in [0.05, 0.1) is 10.5 Å². The van der Waals surface area contributed by atoms with Gasteiger partial charge in [0, 0.05) is 12.2 Å². The standard InChI is InChI=1S/C12H16ClN3O2S2/c1-8-6-11(19-12(8)13)20(17,18)15-5-3-4-10-7-14-16-9(10)2/h6-7,15H,3-5H2,1-2H3,(H,14,16). The van der Waals surface area contributed by atoms with E-state index >= 15 is 0 Å². The van der Waals surface area contributed by atoms with Crippen molar-refractivity contribution in [1.29, 1.82) is 0 Å². The van der Waals surface area contributed by atoms with Gasteiger partial charge in [-0.05, 0) is 43.9 Å². The predicted molar refractivity (Wildman–Crippen MR) is 80.9 cm³/mol. The van der Waals surface area contributed by atoms with Gasteiger partial charge in [-0.3, -0.25) is 5.10 Å². The quantitative estimate of drug-likeness (QED) is 0.798. The molecule has 0 spiro atoms. The second-order valence-corrected chi connectivity index (χ2v) is 8.19. The molecule has 2 aromatic heterocycles.